The number of carboxylic acid groups (broad SMARTS) is 1. The predicted molar refractivity (Wildman–Crippen MR) is 79.3 cm³/mol. The molecule has 22 heavy (non-hydrogen) atoms. The fourth-order valence-corrected chi connectivity index (χ4v) is 3.12. The van der Waals surface area contributed by atoms with Crippen LogP contribution in [-0.2, 0) is 9.59 Å². The van der Waals surface area contributed by atoms with E-state index in [2.05, 4.69) is 10.2 Å². The molecule has 0 aromatic carbocycles. The fourth-order valence-electron chi connectivity index (χ4n) is 3.12. The Hall–Kier alpha value is -1.82. The second kappa shape index (κ2) is 5.76. The molecule has 1 aromatic heterocycles. The number of nitrogens with one attached hydrogen (secondary N) is 1. The van der Waals surface area contributed by atoms with Gasteiger partial charge in [0.05, 0.1) is 6.04 Å². The first-order valence-electron chi connectivity index (χ1n) is 7.85. The highest BCUT2D eigenvalue weighted by atomic mass is 16.4. The molecule has 1 atom stereocenters. The van der Waals surface area contributed by atoms with Gasteiger partial charge in [-0.25, -0.2) is 0 Å². The summed E-state index contributed by atoms with van der Waals surface area (Å²) in [5.74, 6) is 0.290. The molecule has 0 spiro atoms. The number of nitrogens with zero attached hydrogens (tertiary/aromatic N) is 1. The second-order valence-electron chi connectivity index (χ2n) is 6.30. The van der Waals surface area contributed by atoms with E-state index in [1.807, 2.05) is 19.1 Å². The second-order valence-corrected chi connectivity index (χ2v) is 6.30. The molecule has 120 valence electrons. The number of furan rings is 1. The van der Waals surface area contributed by atoms with Gasteiger partial charge in [-0.1, -0.05) is 0 Å². The molecule has 2 aliphatic rings. The summed E-state index contributed by atoms with van der Waals surface area (Å²) in [6.45, 7) is 4.24. The monoisotopic (exact) mass is 306 g/mol. The molecule has 2 fully saturated rings. The summed E-state index contributed by atoms with van der Waals surface area (Å²) in [5.41, 5.74) is -1.19. The molecule has 1 unspecified atom stereocenters. The fraction of sp³-hybridized carbons (Fsp3) is 0.625. The van der Waals surface area contributed by atoms with Crippen LogP contribution in [0, 0.1) is 12.3 Å². The number of aliphatic carboxylic acids is 1. The van der Waals surface area contributed by atoms with Crippen LogP contribution in [0.2, 0.25) is 0 Å². The number of likely N-dealkylation sites (tertiary alicyclic amines) is 1. The number of rotatable bonds is 6. The van der Waals surface area contributed by atoms with Gasteiger partial charge in [0.15, 0.2) is 0 Å². The number of aryl methyl sites for hydroxylation is 1. The van der Waals surface area contributed by atoms with Crippen LogP contribution in [0.25, 0.3) is 0 Å². The average Bonchev–Trinajstić information content (AvgIpc) is 2.92. The number of hydrogen-bond donors (Lipinski definition) is 2. The maximum atomic E-state index is 12.2. The van der Waals surface area contributed by atoms with E-state index in [-0.39, 0.29) is 11.9 Å². The van der Waals surface area contributed by atoms with Crippen LogP contribution < -0.4 is 5.32 Å². The molecule has 2 N–H and O–H groups in total. The molecule has 0 bridgehead atoms. The van der Waals surface area contributed by atoms with E-state index in [9.17, 15) is 14.7 Å². The predicted octanol–water partition coefficient (Wildman–Crippen LogP) is 1.71. The Bertz CT molecular complexity index is 570. The normalized spacial score (nSPS) is 21.5. The standard InChI is InChI=1S/C16H22N2O4/c1-11-4-5-13(22-11)12(18-8-2-3-9-18)10-17-14(19)16(6-7-16)15(20)21/h4-5,12H,2-3,6-10H2,1H3,(H,17,19)(H,20,21). The van der Waals surface area contributed by atoms with Crippen LogP contribution in [0.15, 0.2) is 16.5 Å². The van der Waals surface area contributed by atoms with Gasteiger partial charge in [0.2, 0.25) is 5.91 Å². The van der Waals surface area contributed by atoms with Crippen molar-refractivity contribution in [2.75, 3.05) is 19.6 Å². The van der Waals surface area contributed by atoms with E-state index in [0.717, 1.165) is 37.5 Å². The van der Waals surface area contributed by atoms with Gasteiger partial charge in [-0.2, -0.15) is 0 Å². The van der Waals surface area contributed by atoms with Crippen LogP contribution in [-0.4, -0.2) is 41.5 Å². The minimum Gasteiger partial charge on any atom is -0.480 e. The zero-order valence-electron chi connectivity index (χ0n) is 12.8. The zero-order chi connectivity index (χ0) is 15.7. The molecule has 1 amide bonds. The van der Waals surface area contributed by atoms with E-state index >= 15 is 0 Å². The molecular weight excluding hydrogens is 284 g/mol. The first-order valence-corrected chi connectivity index (χ1v) is 7.85. The molecule has 1 saturated heterocycles. The largest absolute Gasteiger partial charge is 0.480 e. The highest BCUT2D eigenvalue weighted by molar-refractivity contribution is 6.04. The SMILES string of the molecule is Cc1ccc(C(CNC(=O)C2(C(=O)O)CC2)N2CCCC2)o1. The molecule has 6 heteroatoms. The molecule has 0 radical (unpaired) electrons. The topological polar surface area (TPSA) is 82.8 Å². The van der Waals surface area contributed by atoms with Gasteiger partial charge < -0.3 is 14.8 Å². The Morgan fingerprint density at radius 2 is 2.05 bits per heavy atom. The maximum absolute atomic E-state index is 12.2. The van der Waals surface area contributed by atoms with Crippen molar-refractivity contribution in [1.29, 1.82) is 0 Å². The van der Waals surface area contributed by atoms with E-state index in [1.54, 1.807) is 0 Å². The summed E-state index contributed by atoms with van der Waals surface area (Å²) in [5, 5.41) is 12.0. The number of hydrogen-bond acceptors (Lipinski definition) is 4. The van der Waals surface area contributed by atoms with Gasteiger partial charge in [-0.3, -0.25) is 14.5 Å². The van der Waals surface area contributed by atoms with Gasteiger partial charge in [-0.05, 0) is 57.8 Å². The third kappa shape index (κ3) is 2.75. The summed E-state index contributed by atoms with van der Waals surface area (Å²) in [4.78, 5) is 25.7. The number of carboxylic acids is 1. The van der Waals surface area contributed by atoms with Crippen LogP contribution in [0.1, 0.15) is 43.2 Å². The minimum atomic E-state index is -1.19. The summed E-state index contributed by atoms with van der Waals surface area (Å²) in [7, 11) is 0. The van der Waals surface area contributed by atoms with Gasteiger partial charge >= 0.3 is 5.97 Å². The Labute approximate surface area is 129 Å². The Kier molecular flexibility index (Phi) is 3.95. The molecular formula is C16H22N2O4. The van der Waals surface area contributed by atoms with E-state index < -0.39 is 11.4 Å². The average molecular weight is 306 g/mol. The van der Waals surface area contributed by atoms with Crippen molar-refractivity contribution in [3.05, 3.63) is 23.7 Å². The highest BCUT2D eigenvalue weighted by Gasteiger charge is 2.57. The van der Waals surface area contributed by atoms with E-state index in [1.165, 1.54) is 0 Å². The lowest BCUT2D eigenvalue weighted by Gasteiger charge is -2.26. The first kappa shape index (κ1) is 15.1. The third-order valence-corrected chi connectivity index (χ3v) is 4.72. The lowest BCUT2D eigenvalue weighted by atomic mass is 10.1. The first-order chi connectivity index (χ1) is 10.5. The Morgan fingerprint density at radius 1 is 1.36 bits per heavy atom. The van der Waals surface area contributed by atoms with Gasteiger partial charge in [0, 0.05) is 6.54 Å². The number of carbonyl (C=O) groups is 2. The molecule has 6 nitrogen and oxygen atoms in total. The molecule has 1 saturated carbocycles. The Balaban J connectivity index is 1.68. The maximum Gasteiger partial charge on any atom is 0.319 e. The van der Waals surface area contributed by atoms with E-state index in [0.29, 0.717) is 19.4 Å². The Morgan fingerprint density at radius 3 is 2.55 bits per heavy atom. The molecule has 2 heterocycles. The lowest BCUT2D eigenvalue weighted by molar-refractivity contribution is -0.149. The van der Waals surface area contributed by atoms with Gasteiger partial charge in [0.1, 0.15) is 16.9 Å². The van der Waals surface area contributed by atoms with Gasteiger partial charge in [-0.15, -0.1) is 0 Å². The summed E-state index contributed by atoms with van der Waals surface area (Å²) in [6.07, 6.45) is 3.15. The quantitative estimate of drug-likeness (QED) is 0.782. The summed E-state index contributed by atoms with van der Waals surface area (Å²) >= 11 is 0. The zero-order valence-corrected chi connectivity index (χ0v) is 12.8. The van der Waals surface area contributed by atoms with E-state index in [4.69, 9.17) is 4.42 Å². The van der Waals surface area contributed by atoms with Crippen LogP contribution >= 0.6 is 0 Å². The van der Waals surface area contributed by atoms with Gasteiger partial charge in [0.25, 0.3) is 0 Å². The minimum absolute atomic E-state index is 0.0234. The van der Waals surface area contributed by atoms with Crippen LogP contribution in [0.4, 0.5) is 0 Å². The molecule has 1 aliphatic carbocycles. The molecule has 1 aliphatic heterocycles. The van der Waals surface area contributed by atoms with Crippen LogP contribution in [0.3, 0.4) is 0 Å². The number of carbonyl (C=O) groups excluding carboxylic acids is 1. The lowest BCUT2D eigenvalue weighted by Crippen LogP contribution is -2.42. The summed E-state index contributed by atoms with van der Waals surface area (Å²) < 4.78 is 5.73. The smallest absolute Gasteiger partial charge is 0.319 e. The van der Waals surface area contributed by atoms with Crippen molar-refractivity contribution < 1.29 is 19.1 Å². The third-order valence-electron chi connectivity index (χ3n) is 4.72. The molecule has 3 rings (SSSR count). The van der Waals surface area contributed by atoms with Crippen molar-refractivity contribution >= 4 is 11.9 Å². The van der Waals surface area contributed by atoms with Crippen LogP contribution in [0.5, 0.6) is 0 Å². The number of amides is 1. The van der Waals surface area contributed by atoms with Crippen molar-refractivity contribution in [3.63, 3.8) is 0 Å². The highest BCUT2D eigenvalue weighted by Crippen LogP contribution is 2.46. The van der Waals surface area contributed by atoms with Crippen molar-refractivity contribution in [2.45, 2.75) is 38.6 Å². The molecule has 1 aromatic rings. The van der Waals surface area contributed by atoms with Crippen molar-refractivity contribution in [2.24, 2.45) is 5.41 Å². The summed E-state index contributed by atoms with van der Waals surface area (Å²) in [6, 6.07) is 3.83. The van der Waals surface area contributed by atoms with Crippen molar-refractivity contribution in [1.82, 2.24) is 10.2 Å². The van der Waals surface area contributed by atoms with Crippen molar-refractivity contribution in [3.8, 4) is 0 Å².